The van der Waals surface area contributed by atoms with Crippen LogP contribution in [0.5, 0.6) is 5.75 Å². The maximum absolute atomic E-state index is 9.25. The summed E-state index contributed by atoms with van der Waals surface area (Å²) < 4.78 is 5.37. The van der Waals surface area contributed by atoms with Gasteiger partial charge < -0.3 is 14.9 Å². The zero-order valence-electron chi connectivity index (χ0n) is 10.9. The lowest BCUT2D eigenvalue weighted by molar-refractivity contribution is 0.274. The molecule has 1 saturated heterocycles. The van der Waals surface area contributed by atoms with Crippen LogP contribution in [-0.4, -0.2) is 21.8 Å². The molecule has 19 heavy (non-hydrogen) atoms. The van der Waals surface area contributed by atoms with Crippen LogP contribution in [0.4, 0.5) is 0 Å². The Labute approximate surface area is 111 Å². The molecule has 0 aliphatic carbocycles. The second-order valence-electron chi connectivity index (χ2n) is 5.22. The van der Waals surface area contributed by atoms with Gasteiger partial charge >= 0.3 is 0 Å². The largest absolute Gasteiger partial charge is 0.508 e. The molecule has 0 spiro atoms. The van der Waals surface area contributed by atoms with Gasteiger partial charge in [-0.05, 0) is 44.0 Å². The summed E-state index contributed by atoms with van der Waals surface area (Å²) in [7, 11) is 0. The Morgan fingerprint density at radius 2 is 2.16 bits per heavy atom. The van der Waals surface area contributed by atoms with Gasteiger partial charge in [-0.3, -0.25) is 0 Å². The molecule has 0 bridgehead atoms. The van der Waals surface area contributed by atoms with Crippen molar-refractivity contribution in [3.8, 4) is 5.75 Å². The number of aromatic nitrogens is 2. The van der Waals surface area contributed by atoms with Crippen LogP contribution in [-0.2, 0) is 12.0 Å². The molecule has 1 aliphatic heterocycles. The van der Waals surface area contributed by atoms with Crippen molar-refractivity contribution in [2.75, 3.05) is 6.54 Å². The highest BCUT2D eigenvalue weighted by atomic mass is 16.5. The lowest BCUT2D eigenvalue weighted by atomic mass is 10.0. The average molecular weight is 259 g/mol. The van der Waals surface area contributed by atoms with Crippen LogP contribution in [0.1, 0.15) is 37.0 Å². The van der Waals surface area contributed by atoms with Crippen molar-refractivity contribution in [2.24, 2.45) is 0 Å². The summed E-state index contributed by atoms with van der Waals surface area (Å²) in [6.45, 7) is 3.09. The van der Waals surface area contributed by atoms with E-state index in [1.54, 1.807) is 12.1 Å². The number of phenolic OH excluding ortho intramolecular Hbond substituents is 1. The lowest BCUT2D eigenvalue weighted by Crippen LogP contribution is -2.33. The smallest absolute Gasteiger partial charge is 0.246 e. The molecule has 5 nitrogen and oxygen atoms in total. The normalized spacial score (nSPS) is 22.8. The standard InChI is InChI=1S/C14H17N3O2/c1-14(7-2-8-15-14)13-16-12(17-19-13)9-10-3-5-11(18)6-4-10/h3-6,15,18H,2,7-9H2,1H3. The number of nitrogens with one attached hydrogen (secondary N) is 1. The summed E-state index contributed by atoms with van der Waals surface area (Å²) in [6, 6.07) is 7.05. The Kier molecular flexibility index (Phi) is 2.98. The maximum Gasteiger partial charge on any atom is 0.246 e. The fourth-order valence-corrected chi connectivity index (χ4v) is 2.42. The predicted molar refractivity (Wildman–Crippen MR) is 69.8 cm³/mol. The van der Waals surface area contributed by atoms with Crippen LogP contribution in [0.2, 0.25) is 0 Å². The van der Waals surface area contributed by atoms with Gasteiger partial charge in [0.1, 0.15) is 5.75 Å². The minimum Gasteiger partial charge on any atom is -0.508 e. The summed E-state index contributed by atoms with van der Waals surface area (Å²) >= 11 is 0. The van der Waals surface area contributed by atoms with E-state index in [4.69, 9.17) is 4.52 Å². The monoisotopic (exact) mass is 259 g/mol. The Hall–Kier alpha value is -1.88. The van der Waals surface area contributed by atoms with Crippen LogP contribution >= 0.6 is 0 Å². The molecule has 1 atom stereocenters. The fraction of sp³-hybridized carbons (Fsp3) is 0.429. The molecule has 1 aromatic carbocycles. The Balaban J connectivity index is 1.76. The highest BCUT2D eigenvalue weighted by Crippen LogP contribution is 2.29. The van der Waals surface area contributed by atoms with Crippen molar-refractivity contribution >= 4 is 0 Å². The van der Waals surface area contributed by atoms with Crippen molar-refractivity contribution in [1.29, 1.82) is 0 Å². The zero-order chi connectivity index (χ0) is 13.3. The molecule has 1 fully saturated rings. The summed E-state index contributed by atoms with van der Waals surface area (Å²) in [5, 5.41) is 16.7. The van der Waals surface area contributed by atoms with Gasteiger partial charge in [-0.15, -0.1) is 0 Å². The molecular weight excluding hydrogens is 242 g/mol. The summed E-state index contributed by atoms with van der Waals surface area (Å²) in [6.07, 6.45) is 2.76. The van der Waals surface area contributed by atoms with Gasteiger partial charge in [0.25, 0.3) is 0 Å². The molecule has 100 valence electrons. The first-order valence-electron chi connectivity index (χ1n) is 6.52. The minimum absolute atomic E-state index is 0.180. The molecule has 2 heterocycles. The van der Waals surface area contributed by atoms with Crippen molar-refractivity contribution in [3.05, 3.63) is 41.5 Å². The summed E-state index contributed by atoms with van der Waals surface area (Å²) in [5.74, 6) is 1.61. The van der Waals surface area contributed by atoms with E-state index in [2.05, 4.69) is 22.4 Å². The molecule has 0 amide bonds. The van der Waals surface area contributed by atoms with E-state index < -0.39 is 0 Å². The number of benzene rings is 1. The van der Waals surface area contributed by atoms with Crippen LogP contribution in [0.15, 0.2) is 28.8 Å². The van der Waals surface area contributed by atoms with E-state index in [9.17, 15) is 5.11 Å². The van der Waals surface area contributed by atoms with Crippen LogP contribution < -0.4 is 5.32 Å². The molecule has 1 unspecified atom stereocenters. The van der Waals surface area contributed by atoms with Crippen molar-refractivity contribution in [2.45, 2.75) is 31.7 Å². The van der Waals surface area contributed by atoms with Crippen molar-refractivity contribution in [3.63, 3.8) is 0 Å². The molecule has 1 aromatic heterocycles. The van der Waals surface area contributed by atoms with Gasteiger partial charge in [-0.2, -0.15) is 4.98 Å². The summed E-state index contributed by atoms with van der Waals surface area (Å²) in [5.41, 5.74) is 0.870. The second kappa shape index (κ2) is 4.66. The number of phenols is 1. The first-order chi connectivity index (χ1) is 9.16. The fourth-order valence-electron chi connectivity index (χ4n) is 2.42. The van der Waals surface area contributed by atoms with Gasteiger partial charge in [0.05, 0.1) is 5.54 Å². The third-order valence-corrected chi connectivity index (χ3v) is 3.61. The van der Waals surface area contributed by atoms with Crippen LogP contribution in [0.3, 0.4) is 0 Å². The lowest BCUT2D eigenvalue weighted by Gasteiger charge is -2.18. The van der Waals surface area contributed by atoms with E-state index in [0.717, 1.165) is 24.9 Å². The molecular formula is C14H17N3O2. The highest BCUT2D eigenvalue weighted by Gasteiger charge is 2.35. The topological polar surface area (TPSA) is 71.2 Å². The third kappa shape index (κ3) is 2.46. The number of rotatable bonds is 3. The van der Waals surface area contributed by atoms with Crippen LogP contribution in [0.25, 0.3) is 0 Å². The molecule has 5 heteroatoms. The van der Waals surface area contributed by atoms with E-state index in [-0.39, 0.29) is 11.3 Å². The molecule has 2 N–H and O–H groups in total. The van der Waals surface area contributed by atoms with Gasteiger partial charge in [0.2, 0.25) is 5.89 Å². The van der Waals surface area contributed by atoms with Gasteiger partial charge in [-0.25, -0.2) is 0 Å². The maximum atomic E-state index is 9.25. The van der Waals surface area contributed by atoms with E-state index in [1.165, 1.54) is 0 Å². The molecule has 0 radical (unpaired) electrons. The molecule has 3 rings (SSSR count). The zero-order valence-corrected chi connectivity index (χ0v) is 10.9. The molecule has 2 aromatic rings. The van der Waals surface area contributed by atoms with Crippen LogP contribution in [0, 0.1) is 0 Å². The first kappa shape index (κ1) is 12.2. The second-order valence-corrected chi connectivity index (χ2v) is 5.22. The first-order valence-corrected chi connectivity index (χ1v) is 6.52. The number of hydrogen-bond acceptors (Lipinski definition) is 5. The van der Waals surface area contributed by atoms with E-state index in [0.29, 0.717) is 18.1 Å². The van der Waals surface area contributed by atoms with Crippen molar-refractivity contribution in [1.82, 2.24) is 15.5 Å². The van der Waals surface area contributed by atoms with E-state index >= 15 is 0 Å². The van der Waals surface area contributed by atoms with Crippen molar-refractivity contribution < 1.29 is 9.63 Å². The Morgan fingerprint density at radius 1 is 1.37 bits per heavy atom. The SMILES string of the molecule is CC1(c2nc(Cc3ccc(O)cc3)no2)CCCN1. The predicted octanol–water partition coefficient (Wildman–Crippen LogP) is 1.96. The van der Waals surface area contributed by atoms with Gasteiger partial charge in [0.15, 0.2) is 5.82 Å². The Morgan fingerprint density at radius 3 is 2.84 bits per heavy atom. The van der Waals surface area contributed by atoms with Gasteiger partial charge in [0, 0.05) is 6.42 Å². The highest BCUT2D eigenvalue weighted by molar-refractivity contribution is 5.27. The summed E-state index contributed by atoms with van der Waals surface area (Å²) in [4.78, 5) is 4.48. The number of nitrogens with zero attached hydrogens (tertiary/aromatic N) is 2. The minimum atomic E-state index is -0.180. The third-order valence-electron chi connectivity index (χ3n) is 3.61. The molecule has 0 saturated carbocycles. The van der Waals surface area contributed by atoms with Gasteiger partial charge in [-0.1, -0.05) is 17.3 Å². The average Bonchev–Trinajstić information content (AvgIpc) is 3.02. The van der Waals surface area contributed by atoms with E-state index in [1.807, 2.05) is 12.1 Å². The molecule has 1 aliphatic rings. The number of hydrogen-bond donors (Lipinski definition) is 2. The number of aromatic hydroxyl groups is 1. The Bertz CT molecular complexity index is 556. The quantitative estimate of drug-likeness (QED) is 0.881.